The quantitative estimate of drug-likeness (QED) is 0.334. The van der Waals surface area contributed by atoms with Gasteiger partial charge in [0.2, 0.25) is 6.10 Å². The highest BCUT2D eigenvalue weighted by atomic mass is 35.5. The lowest BCUT2D eigenvalue weighted by molar-refractivity contribution is -0.147. The van der Waals surface area contributed by atoms with Gasteiger partial charge in [0.1, 0.15) is 25.1 Å². The molecule has 0 saturated carbocycles. The lowest BCUT2D eigenvalue weighted by Crippen LogP contribution is -2.36. The zero-order chi connectivity index (χ0) is 21.7. The SMILES string of the molecule is Nc1c(Cl)cc(OC[C@@H](O)CNCCc2ccc3c(c2)OC[C@H](C(=O)O)O3)cc1Cl. The summed E-state index contributed by atoms with van der Waals surface area (Å²) in [5.74, 6) is 0.318. The summed E-state index contributed by atoms with van der Waals surface area (Å²) >= 11 is 11.9. The Hall–Kier alpha value is -2.39. The monoisotopic (exact) mass is 456 g/mol. The van der Waals surface area contributed by atoms with E-state index in [4.69, 9.17) is 48.3 Å². The summed E-state index contributed by atoms with van der Waals surface area (Å²) in [6.45, 7) is 0.994. The lowest BCUT2D eigenvalue weighted by atomic mass is 10.1. The van der Waals surface area contributed by atoms with Crippen molar-refractivity contribution in [1.82, 2.24) is 5.32 Å². The molecule has 5 N–H and O–H groups in total. The van der Waals surface area contributed by atoms with Gasteiger partial charge in [0.05, 0.1) is 15.7 Å². The summed E-state index contributed by atoms with van der Waals surface area (Å²) < 4.78 is 16.4. The second-order valence-corrected chi connectivity index (χ2v) is 7.57. The minimum atomic E-state index is -1.06. The van der Waals surface area contributed by atoms with Crippen LogP contribution in [0.3, 0.4) is 0 Å². The third-order valence-corrected chi connectivity index (χ3v) is 5.03. The van der Waals surface area contributed by atoms with Crippen molar-refractivity contribution in [3.63, 3.8) is 0 Å². The fraction of sp³-hybridized carbons (Fsp3) is 0.350. The molecule has 0 amide bonds. The molecule has 2 aromatic carbocycles. The van der Waals surface area contributed by atoms with Crippen LogP contribution in [0.4, 0.5) is 5.69 Å². The number of halogens is 2. The van der Waals surface area contributed by atoms with Gasteiger partial charge < -0.3 is 35.5 Å². The van der Waals surface area contributed by atoms with E-state index >= 15 is 0 Å². The fourth-order valence-electron chi connectivity index (χ4n) is 2.79. The largest absolute Gasteiger partial charge is 0.491 e. The maximum atomic E-state index is 11.0. The van der Waals surface area contributed by atoms with Crippen LogP contribution in [0.5, 0.6) is 17.2 Å². The number of carboxylic acids is 1. The van der Waals surface area contributed by atoms with Crippen molar-refractivity contribution in [2.75, 3.05) is 32.0 Å². The molecule has 0 radical (unpaired) electrons. The van der Waals surface area contributed by atoms with Crippen molar-refractivity contribution in [3.05, 3.63) is 45.9 Å². The van der Waals surface area contributed by atoms with Gasteiger partial charge in [0.15, 0.2) is 11.5 Å². The Balaban J connectivity index is 1.39. The summed E-state index contributed by atoms with van der Waals surface area (Å²) in [6, 6.07) is 8.46. The van der Waals surface area contributed by atoms with Crippen LogP contribution in [0, 0.1) is 0 Å². The van der Waals surface area contributed by atoms with Crippen molar-refractivity contribution in [1.29, 1.82) is 0 Å². The number of nitrogens with one attached hydrogen (secondary N) is 1. The Morgan fingerprint density at radius 1 is 1.27 bits per heavy atom. The normalized spacial score (nSPS) is 16.2. The Morgan fingerprint density at radius 3 is 2.70 bits per heavy atom. The number of aliphatic carboxylic acids is 1. The van der Waals surface area contributed by atoms with Gasteiger partial charge in [-0.3, -0.25) is 0 Å². The predicted molar refractivity (Wildman–Crippen MR) is 113 cm³/mol. The highest BCUT2D eigenvalue weighted by molar-refractivity contribution is 6.39. The molecule has 2 aromatic rings. The minimum Gasteiger partial charge on any atom is -0.491 e. The average molecular weight is 457 g/mol. The maximum absolute atomic E-state index is 11.0. The second kappa shape index (κ2) is 10.1. The number of benzene rings is 2. The molecular formula is C20H22Cl2N2O6. The number of carboxylic acid groups (broad SMARTS) is 1. The van der Waals surface area contributed by atoms with E-state index in [-0.39, 0.29) is 18.9 Å². The minimum absolute atomic E-state index is 0.0271. The smallest absolute Gasteiger partial charge is 0.348 e. The van der Waals surface area contributed by atoms with Crippen LogP contribution < -0.4 is 25.3 Å². The third kappa shape index (κ3) is 5.82. The standard InChI is InChI=1S/C20H22Cl2N2O6/c21-14-6-13(7-15(22)19(14)23)28-9-12(25)8-24-4-3-11-1-2-16-17(5-11)29-10-18(30-16)20(26)27/h1-2,5-7,12,18,24-25H,3-4,8-10,23H2,(H,26,27)/t12-,18+/m0/s1. The Labute approximate surface area is 183 Å². The number of fused-ring (bicyclic) bond motifs is 1. The molecule has 3 rings (SSSR count). The fourth-order valence-corrected chi connectivity index (χ4v) is 3.26. The van der Waals surface area contributed by atoms with Gasteiger partial charge in [-0.05, 0) is 30.7 Å². The van der Waals surface area contributed by atoms with Crippen LogP contribution in [0.1, 0.15) is 5.56 Å². The van der Waals surface area contributed by atoms with Crippen molar-refractivity contribution in [2.45, 2.75) is 18.6 Å². The van der Waals surface area contributed by atoms with Crippen LogP contribution in [-0.2, 0) is 11.2 Å². The summed E-state index contributed by atoms with van der Waals surface area (Å²) in [5, 5.41) is 22.8. The van der Waals surface area contributed by atoms with Crippen LogP contribution in [0.2, 0.25) is 10.0 Å². The Bertz CT molecular complexity index is 888. The maximum Gasteiger partial charge on any atom is 0.348 e. The number of hydrogen-bond acceptors (Lipinski definition) is 7. The van der Waals surface area contributed by atoms with Crippen molar-refractivity contribution in [2.24, 2.45) is 0 Å². The number of aliphatic hydroxyl groups is 1. The molecule has 0 fully saturated rings. The number of rotatable bonds is 9. The Kier molecular flexibility index (Phi) is 7.49. The summed E-state index contributed by atoms with van der Waals surface area (Å²) in [7, 11) is 0. The van der Waals surface area contributed by atoms with Crippen molar-refractivity contribution >= 4 is 34.9 Å². The van der Waals surface area contributed by atoms with Gasteiger partial charge in [-0.2, -0.15) is 0 Å². The highest BCUT2D eigenvalue weighted by Crippen LogP contribution is 2.33. The molecule has 10 heteroatoms. The van der Waals surface area contributed by atoms with E-state index in [9.17, 15) is 9.90 Å². The first-order valence-corrected chi connectivity index (χ1v) is 10.0. The average Bonchev–Trinajstić information content (AvgIpc) is 2.72. The van der Waals surface area contributed by atoms with Gasteiger partial charge in [0, 0.05) is 18.7 Å². The molecule has 0 spiro atoms. The summed E-state index contributed by atoms with van der Waals surface area (Å²) in [4.78, 5) is 11.0. The summed E-state index contributed by atoms with van der Waals surface area (Å²) in [6.07, 6.45) is -1.03. The molecule has 1 heterocycles. The molecule has 1 aliphatic rings. The molecule has 0 bridgehead atoms. The zero-order valence-electron chi connectivity index (χ0n) is 15.9. The second-order valence-electron chi connectivity index (χ2n) is 6.76. The first kappa shape index (κ1) is 22.3. The molecule has 30 heavy (non-hydrogen) atoms. The van der Waals surface area contributed by atoms with Gasteiger partial charge in [-0.1, -0.05) is 29.3 Å². The number of ether oxygens (including phenoxy) is 3. The molecule has 8 nitrogen and oxygen atoms in total. The van der Waals surface area contributed by atoms with E-state index in [1.165, 1.54) is 0 Å². The molecule has 2 atom stereocenters. The van der Waals surface area contributed by atoms with E-state index in [2.05, 4.69) is 5.32 Å². The molecule has 162 valence electrons. The third-order valence-electron chi connectivity index (χ3n) is 4.41. The van der Waals surface area contributed by atoms with Gasteiger partial charge in [-0.15, -0.1) is 0 Å². The number of nitrogen functional groups attached to an aromatic ring is 1. The number of nitrogens with two attached hydrogens (primary N) is 1. The number of hydrogen-bond donors (Lipinski definition) is 4. The van der Waals surface area contributed by atoms with Gasteiger partial charge in [-0.25, -0.2) is 4.79 Å². The number of aliphatic hydroxyl groups excluding tert-OH is 1. The van der Waals surface area contributed by atoms with Crippen LogP contribution >= 0.6 is 23.2 Å². The summed E-state index contributed by atoms with van der Waals surface area (Å²) in [5.41, 5.74) is 6.96. The lowest BCUT2D eigenvalue weighted by Gasteiger charge is -2.24. The topological polar surface area (TPSA) is 123 Å². The molecular weight excluding hydrogens is 435 g/mol. The first-order valence-electron chi connectivity index (χ1n) is 9.24. The zero-order valence-corrected chi connectivity index (χ0v) is 17.4. The first-order chi connectivity index (χ1) is 14.3. The van der Waals surface area contributed by atoms with Crippen LogP contribution in [0.25, 0.3) is 0 Å². The van der Waals surface area contributed by atoms with Crippen LogP contribution in [0.15, 0.2) is 30.3 Å². The van der Waals surface area contributed by atoms with E-state index in [0.717, 1.165) is 5.56 Å². The van der Waals surface area contributed by atoms with E-state index in [1.54, 1.807) is 18.2 Å². The predicted octanol–water partition coefficient (Wildman–Crippen LogP) is 2.37. The highest BCUT2D eigenvalue weighted by Gasteiger charge is 2.27. The van der Waals surface area contributed by atoms with E-state index < -0.39 is 18.2 Å². The molecule has 0 saturated heterocycles. The van der Waals surface area contributed by atoms with Gasteiger partial charge >= 0.3 is 5.97 Å². The number of anilines is 1. The Morgan fingerprint density at radius 2 is 2.00 bits per heavy atom. The molecule has 0 unspecified atom stereocenters. The van der Waals surface area contributed by atoms with Crippen molar-refractivity contribution in [3.8, 4) is 17.2 Å². The van der Waals surface area contributed by atoms with E-state index in [1.807, 2.05) is 12.1 Å². The van der Waals surface area contributed by atoms with Crippen molar-refractivity contribution < 1.29 is 29.2 Å². The molecule has 0 aliphatic carbocycles. The van der Waals surface area contributed by atoms with E-state index in [0.29, 0.717) is 46.8 Å². The number of carbonyl (C=O) groups is 1. The molecule has 1 aliphatic heterocycles. The molecule has 0 aromatic heterocycles. The van der Waals surface area contributed by atoms with Crippen LogP contribution in [-0.4, -0.2) is 54.7 Å². The van der Waals surface area contributed by atoms with Gasteiger partial charge in [0.25, 0.3) is 0 Å².